The van der Waals surface area contributed by atoms with Crippen LogP contribution in [0.5, 0.6) is 5.75 Å². The molecule has 194 valence electrons. The number of hydrogen-bond acceptors (Lipinski definition) is 8. The number of benzene rings is 2. The molecule has 37 heavy (non-hydrogen) atoms. The molecule has 2 heterocycles. The third-order valence-electron chi connectivity index (χ3n) is 6.73. The SMILES string of the molecule is CCOC(=O)C1=C(C)NC(C)C(C(=O)OCC)(c2nc(-c3cccc(OC)c3)cs2)C1c1ccccc1. The summed E-state index contributed by atoms with van der Waals surface area (Å²) in [6.45, 7) is 7.74. The average Bonchev–Trinajstić information content (AvgIpc) is 3.39. The minimum Gasteiger partial charge on any atom is -0.497 e. The number of nitrogens with zero attached hydrogens (tertiary/aromatic N) is 1. The topological polar surface area (TPSA) is 86.8 Å². The molecule has 7 nitrogen and oxygen atoms in total. The number of nitrogens with one attached hydrogen (secondary N) is 1. The standard InChI is InChI=1S/C29H32N2O5S/c1-6-35-26(32)24-18(3)30-19(4)29(28(33)36-7-2,25(24)20-12-9-8-10-13-20)27-31-23(17-37-27)21-14-11-15-22(16-21)34-5/h8-17,19,25,30H,6-7H2,1-5H3. The number of thiazole rings is 1. The highest BCUT2D eigenvalue weighted by molar-refractivity contribution is 7.10. The maximum Gasteiger partial charge on any atom is 0.336 e. The van der Waals surface area contributed by atoms with Crippen LogP contribution in [-0.4, -0.2) is 43.3 Å². The fraction of sp³-hybridized carbons (Fsp3) is 0.345. The van der Waals surface area contributed by atoms with Crippen LogP contribution in [0.1, 0.15) is 44.2 Å². The number of hydrogen-bond donors (Lipinski definition) is 1. The Kier molecular flexibility index (Phi) is 7.97. The monoisotopic (exact) mass is 520 g/mol. The molecule has 0 bridgehead atoms. The van der Waals surface area contributed by atoms with E-state index in [1.54, 1.807) is 21.0 Å². The Balaban J connectivity index is 1.99. The Morgan fingerprint density at radius 1 is 1.05 bits per heavy atom. The second-order valence-electron chi connectivity index (χ2n) is 8.83. The van der Waals surface area contributed by atoms with Crippen LogP contribution in [0.4, 0.5) is 0 Å². The van der Waals surface area contributed by atoms with Gasteiger partial charge in [-0.15, -0.1) is 11.3 Å². The summed E-state index contributed by atoms with van der Waals surface area (Å²) in [5.41, 5.74) is 2.14. The van der Waals surface area contributed by atoms with Crippen LogP contribution in [0, 0.1) is 0 Å². The van der Waals surface area contributed by atoms with E-state index in [4.69, 9.17) is 19.2 Å². The highest BCUT2D eigenvalue weighted by Crippen LogP contribution is 2.52. The van der Waals surface area contributed by atoms with Crippen molar-refractivity contribution in [3.05, 3.63) is 81.8 Å². The van der Waals surface area contributed by atoms with Crippen LogP contribution in [0.25, 0.3) is 11.3 Å². The molecule has 0 aliphatic carbocycles. The van der Waals surface area contributed by atoms with E-state index in [1.165, 1.54) is 11.3 Å². The van der Waals surface area contributed by atoms with Gasteiger partial charge in [-0.1, -0.05) is 42.5 Å². The maximum atomic E-state index is 14.1. The Morgan fingerprint density at radius 3 is 2.46 bits per heavy atom. The zero-order valence-electron chi connectivity index (χ0n) is 21.7. The Labute approximate surface area is 221 Å². The van der Waals surface area contributed by atoms with Gasteiger partial charge >= 0.3 is 11.9 Å². The van der Waals surface area contributed by atoms with Gasteiger partial charge in [0.25, 0.3) is 0 Å². The van der Waals surface area contributed by atoms with E-state index in [2.05, 4.69) is 5.32 Å². The lowest BCUT2D eigenvalue weighted by Crippen LogP contribution is -2.60. The van der Waals surface area contributed by atoms with Crippen molar-refractivity contribution < 1.29 is 23.8 Å². The number of ether oxygens (including phenoxy) is 3. The molecule has 3 atom stereocenters. The summed E-state index contributed by atoms with van der Waals surface area (Å²) in [4.78, 5) is 32.5. The summed E-state index contributed by atoms with van der Waals surface area (Å²) in [5.74, 6) is -0.867. The Morgan fingerprint density at radius 2 is 1.78 bits per heavy atom. The van der Waals surface area contributed by atoms with Crippen molar-refractivity contribution in [1.29, 1.82) is 0 Å². The summed E-state index contributed by atoms with van der Waals surface area (Å²) < 4.78 is 16.6. The fourth-order valence-corrected chi connectivity index (χ4v) is 6.22. The van der Waals surface area contributed by atoms with Gasteiger partial charge in [0.1, 0.15) is 10.8 Å². The lowest BCUT2D eigenvalue weighted by Gasteiger charge is -2.46. The van der Waals surface area contributed by atoms with Crippen molar-refractivity contribution >= 4 is 23.3 Å². The van der Waals surface area contributed by atoms with Gasteiger partial charge in [0, 0.05) is 28.6 Å². The quantitative estimate of drug-likeness (QED) is 0.407. The predicted octanol–water partition coefficient (Wildman–Crippen LogP) is 5.23. The van der Waals surface area contributed by atoms with Crippen LogP contribution in [0.3, 0.4) is 0 Å². The van der Waals surface area contributed by atoms with Crippen LogP contribution in [0.2, 0.25) is 0 Å². The minimum atomic E-state index is -1.32. The van der Waals surface area contributed by atoms with Gasteiger partial charge in [-0.05, 0) is 45.4 Å². The molecule has 0 saturated carbocycles. The van der Waals surface area contributed by atoms with Crippen molar-refractivity contribution in [2.75, 3.05) is 20.3 Å². The number of carbonyl (C=O) groups excluding carboxylic acids is 2. The Bertz CT molecular complexity index is 1300. The molecular formula is C29H32N2O5S. The van der Waals surface area contributed by atoms with E-state index < -0.39 is 29.3 Å². The number of esters is 2. The second-order valence-corrected chi connectivity index (χ2v) is 9.69. The number of aromatic nitrogens is 1. The van der Waals surface area contributed by atoms with E-state index in [1.807, 2.05) is 73.8 Å². The second kappa shape index (κ2) is 11.2. The summed E-state index contributed by atoms with van der Waals surface area (Å²) >= 11 is 1.38. The van der Waals surface area contributed by atoms with Gasteiger partial charge in [-0.3, -0.25) is 4.79 Å². The first kappa shape index (κ1) is 26.4. The smallest absolute Gasteiger partial charge is 0.336 e. The zero-order valence-corrected chi connectivity index (χ0v) is 22.6. The Hall–Kier alpha value is -3.65. The fourth-order valence-electron chi connectivity index (χ4n) is 5.09. The molecule has 3 aromatic rings. The first-order chi connectivity index (χ1) is 17.9. The number of rotatable bonds is 8. The molecule has 4 rings (SSSR count). The van der Waals surface area contributed by atoms with Gasteiger partial charge in [0.2, 0.25) is 0 Å². The van der Waals surface area contributed by atoms with Crippen molar-refractivity contribution in [1.82, 2.24) is 10.3 Å². The summed E-state index contributed by atoms with van der Waals surface area (Å²) in [6.07, 6.45) is 0. The number of methoxy groups -OCH3 is 1. The third-order valence-corrected chi connectivity index (χ3v) is 7.72. The summed E-state index contributed by atoms with van der Waals surface area (Å²) in [7, 11) is 1.62. The lowest BCUT2D eigenvalue weighted by atomic mass is 9.62. The van der Waals surface area contributed by atoms with Gasteiger partial charge in [-0.2, -0.15) is 0 Å². The number of carbonyl (C=O) groups is 2. The van der Waals surface area contributed by atoms with E-state index in [0.29, 0.717) is 27.7 Å². The molecular weight excluding hydrogens is 488 g/mol. The molecule has 8 heteroatoms. The summed E-state index contributed by atoms with van der Waals surface area (Å²) in [5, 5.41) is 5.88. The first-order valence-corrected chi connectivity index (χ1v) is 13.2. The molecule has 2 aromatic carbocycles. The highest BCUT2D eigenvalue weighted by Gasteiger charge is 2.60. The van der Waals surface area contributed by atoms with Crippen molar-refractivity contribution in [3.63, 3.8) is 0 Å². The van der Waals surface area contributed by atoms with Crippen LogP contribution < -0.4 is 10.1 Å². The van der Waals surface area contributed by atoms with E-state index in [0.717, 1.165) is 11.1 Å². The third kappa shape index (κ3) is 4.73. The average molecular weight is 521 g/mol. The van der Waals surface area contributed by atoms with Crippen molar-refractivity contribution in [3.8, 4) is 17.0 Å². The lowest BCUT2D eigenvalue weighted by molar-refractivity contribution is -0.153. The molecule has 0 fully saturated rings. The molecule has 0 amide bonds. The maximum absolute atomic E-state index is 14.1. The largest absolute Gasteiger partial charge is 0.497 e. The minimum absolute atomic E-state index is 0.195. The normalized spacial score (nSPS) is 21.2. The van der Waals surface area contributed by atoms with E-state index in [-0.39, 0.29) is 13.2 Å². The molecule has 1 aromatic heterocycles. The van der Waals surface area contributed by atoms with Gasteiger partial charge in [-0.25, -0.2) is 9.78 Å². The summed E-state index contributed by atoms with van der Waals surface area (Å²) in [6, 6.07) is 16.8. The van der Waals surface area contributed by atoms with Crippen LogP contribution in [-0.2, 0) is 24.5 Å². The molecule has 0 radical (unpaired) electrons. The van der Waals surface area contributed by atoms with Crippen LogP contribution in [0.15, 0.2) is 71.2 Å². The number of allylic oxidation sites excluding steroid dienone is 1. The molecule has 1 aliphatic heterocycles. The molecule has 0 saturated heterocycles. The zero-order chi connectivity index (χ0) is 26.6. The van der Waals surface area contributed by atoms with E-state index in [9.17, 15) is 9.59 Å². The van der Waals surface area contributed by atoms with Gasteiger partial charge in [0.05, 0.1) is 31.6 Å². The molecule has 1 N–H and O–H groups in total. The predicted molar refractivity (Wildman–Crippen MR) is 144 cm³/mol. The molecule has 1 aliphatic rings. The van der Waals surface area contributed by atoms with Gasteiger partial charge < -0.3 is 19.5 Å². The van der Waals surface area contributed by atoms with Crippen molar-refractivity contribution in [2.45, 2.75) is 45.1 Å². The van der Waals surface area contributed by atoms with E-state index >= 15 is 0 Å². The van der Waals surface area contributed by atoms with Gasteiger partial charge in [0.15, 0.2) is 5.41 Å². The molecule has 3 unspecified atom stereocenters. The first-order valence-electron chi connectivity index (χ1n) is 12.3. The van der Waals surface area contributed by atoms with Crippen LogP contribution >= 0.6 is 11.3 Å². The molecule has 0 spiro atoms. The highest BCUT2D eigenvalue weighted by atomic mass is 32.1. The van der Waals surface area contributed by atoms with Crippen molar-refractivity contribution in [2.24, 2.45) is 0 Å².